The maximum absolute atomic E-state index is 14.5. The van der Waals surface area contributed by atoms with Gasteiger partial charge in [0.2, 0.25) is 29.0 Å². The Bertz CT molecular complexity index is 981. The van der Waals surface area contributed by atoms with Gasteiger partial charge in [0.15, 0.2) is 29.0 Å². The highest BCUT2D eigenvalue weighted by Crippen LogP contribution is 2.41. The van der Waals surface area contributed by atoms with Crippen molar-refractivity contribution in [3.8, 4) is 22.6 Å². The Morgan fingerprint density at radius 3 is 1.45 bits per heavy atom. The molecule has 0 aliphatic heterocycles. The van der Waals surface area contributed by atoms with E-state index in [0.29, 0.717) is 12.8 Å². The van der Waals surface area contributed by atoms with Crippen molar-refractivity contribution in [3.63, 3.8) is 0 Å². The molecule has 33 heavy (non-hydrogen) atoms. The van der Waals surface area contributed by atoms with Gasteiger partial charge >= 0.3 is 5.97 Å². The van der Waals surface area contributed by atoms with Crippen LogP contribution in [0.1, 0.15) is 52.4 Å². The molecule has 11 heteroatoms. The predicted octanol–water partition coefficient (Wildman–Crippen LogP) is 7.13. The van der Waals surface area contributed by atoms with Gasteiger partial charge < -0.3 is 9.47 Å². The summed E-state index contributed by atoms with van der Waals surface area (Å²) in [6.45, 7) is 2.87. The number of hydrogen-bond donors (Lipinski definition) is 0. The lowest BCUT2D eigenvalue weighted by atomic mass is 10.0. The minimum Gasteiger partial charge on any atom is -0.487 e. The molecule has 0 unspecified atom stereocenters. The van der Waals surface area contributed by atoms with Gasteiger partial charge in [0.25, 0.3) is 0 Å². The number of ether oxygens (including phenoxy) is 2. The van der Waals surface area contributed by atoms with Crippen molar-refractivity contribution in [2.45, 2.75) is 52.4 Å². The fourth-order valence-electron chi connectivity index (χ4n) is 2.94. The third-order valence-electron chi connectivity index (χ3n) is 4.70. The van der Waals surface area contributed by atoms with Crippen LogP contribution < -0.4 is 9.47 Å². The summed E-state index contributed by atoms with van der Waals surface area (Å²) in [4.78, 5) is 11.2. The van der Waals surface area contributed by atoms with Crippen LogP contribution in [0.3, 0.4) is 0 Å². The summed E-state index contributed by atoms with van der Waals surface area (Å²) in [6.07, 6.45) is 3.13. The van der Waals surface area contributed by atoms with Gasteiger partial charge in [-0.15, -0.1) is 0 Å². The molecule has 0 aliphatic rings. The summed E-state index contributed by atoms with van der Waals surface area (Å²) in [5, 5.41) is 0. The molecule has 0 atom stereocenters. The maximum Gasteiger partial charge on any atom is 0.311 e. The number of benzene rings is 2. The molecule has 0 N–H and O–H groups in total. The molecule has 2 aromatic carbocycles. The van der Waals surface area contributed by atoms with Crippen molar-refractivity contribution < 1.29 is 49.4 Å². The van der Waals surface area contributed by atoms with Gasteiger partial charge in [-0.3, -0.25) is 4.79 Å². The number of carbonyl (C=O) groups is 1. The van der Waals surface area contributed by atoms with Crippen molar-refractivity contribution >= 4 is 5.97 Å². The van der Waals surface area contributed by atoms with Crippen LogP contribution in [0, 0.1) is 46.5 Å². The molecule has 0 spiro atoms. The van der Waals surface area contributed by atoms with E-state index >= 15 is 0 Å². The van der Waals surface area contributed by atoms with Crippen LogP contribution in [0.4, 0.5) is 35.1 Å². The van der Waals surface area contributed by atoms with E-state index in [1.54, 1.807) is 0 Å². The zero-order valence-electron chi connectivity index (χ0n) is 17.7. The van der Waals surface area contributed by atoms with Crippen LogP contribution in [0.25, 0.3) is 11.1 Å². The highest BCUT2D eigenvalue weighted by molar-refractivity contribution is 5.74. The minimum absolute atomic E-state index is 0.306. The topological polar surface area (TPSA) is 35.5 Å². The van der Waals surface area contributed by atoms with E-state index in [1.165, 1.54) is 6.92 Å². The van der Waals surface area contributed by atoms with Crippen molar-refractivity contribution in [2.24, 2.45) is 0 Å². The van der Waals surface area contributed by atoms with E-state index in [0.717, 1.165) is 19.3 Å². The van der Waals surface area contributed by atoms with Crippen molar-refractivity contribution in [3.05, 3.63) is 46.5 Å². The van der Waals surface area contributed by atoms with Gasteiger partial charge in [0.05, 0.1) is 17.7 Å². The van der Waals surface area contributed by atoms with Crippen LogP contribution in [-0.4, -0.2) is 12.6 Å². The Morgan fingerprint density at radius 1 is 0.606 bits per heavy atom. The fourth-order valence-corrected chi connectivity index (χ4v) is 2.94. The lowest BCUT2D eigenvalue weighted by Crippen LogP contribution is -2.13. The first-order valence-corrected chi connectivity index (χ1v) is 10.1. The van der Waals surface area contributed by atoms with Gasteiger partial charge in [-0.05, 0) is 6.42 Å². The molecular weight excluding hydrogens is 464 g/mol. The second kappa shape index (κ2) is 11.3. The van der Waals surface area contributed by atoms with Gasteiger partial charge in [-0.2, -0.15) is 17.6 Å². The molecule has 0 aromatic heterocycles. The molecule has 0 saturated heterocycles. The Hall–Kier alpha value is -2.85. The molecule has 0 fully saturated rings. The smallest absolute Gasteiger partial charge is 0.311 e. The summed E-state index contributed by atoms with van der Waals surface area (Å²) in [5.74, 6) is -23.0. The molecule has 0 amide bonds. The molecule has 0 heterocycles. The second-order valence-electron chi connectivity index (χ2n) is 7.01. The highest BCUT2D eigenvalue weighted by Gasteiger charge is 2.35. The van der Waals surface area contributed by atoms with Gasteiger partial charge in [0.1, 0.15) is 0 Å². The Morgan fingerprint density at radius 2 is 1.03 bits per heavy atom. The molecule has 0 aliphatic carbocycles. The molecule has 2 rings (SSSR count). The molecule has 3 nitrogen and oxygen atoms in total. The first-order chi connectivity index (χ1) is 15.6. The zero-order valence-corrected chi connectivity index (χ0v) is 17.7. The van der Waals surface area contributed by atoms with Crippen LogP contribution in [0.2, 0.25) is 0 Å². The SMILES string of the molecule is CCCCCCCOc1c(F)c(F)c(-c2c(F)c(F)c(OC(=O)CC)c(F)c2F)c(F)c1F. The van der Waals surface area contributed by atoms with Crippen LogP contribution in [-0.2, 0) is 4.79 Å². The fraction of sp³-hybridized carbons (Fsp3) is 0.409. The third kappa shape index (κ3) is 5.39. The van der Waals surface area contributed by atoms with E-state index in [2.05, 4.69) is 4.74 Å². The number of carbonyl (C=O) groups excluding carboxylic acids is 1. The van der Waals surface area contributed by atoms with Crippen molar-refractivity contribution in [2.75, 3.05) is 6.61 Å². The summed E-state index contributed by atoms with van der Waals surface area (Å²) < 4.78 is 124. The van der Waals surface area contributed by atoms with Gasteiger partial charge in [-0.25, -0.2) is 17.6 Å². The predicted molar refractivity (Wildman–Crippen MR) is 102 cm³/mol. The second-order valence-corrected chi connectivity index (χ2v) is 7.01. The summed E-state index contributed by atoms with van der Waals surface area (Å²) in [5.41, 5.74) is -4.08. The minimum atomic E-state index is -2.42. The zero-order chi connectivity index (χ0) is 24.9. The average Bonchev–Trinajstić information content (AvgIpc) is 2.80. The van der Waals surface area contributed by atoms with Crippen LogP contribution in [0.15, 0.2) is 0 Å². The molecular formula is C22H20F8O3. The summed E-state index contributed by atoms with van der Waals surface area (Å²) in [7, 11) is 0. The third-order valence-corrected chi connectivity index (χ3v) is 4.70. The number of unbranched alkanes of at least 4 members (excludes halogenated alkanes) is 4. The molecule has 0 saturated carbocycles. The van der Waals surface area contributed by atoms with Gasteiger partial charge in [-0.1, -0.05) is 39.5 Å². The molecule has 0 radical (unpaired) electrons. The normalized spacial score (nSPS) is 11.1. The van der Waals surface area contributed by atoms with E-state index < -0.39 is 81.6 Å². The van der Waals surface area contributed by atoms with Crippen molar-refractivity contribution in [1.29, 1.82) is 0 Å². The summed E-state index contributed by atoms with van der Waals surface area (Å²) >= 11 is 0. The van der Waals surface area contributed by atoms with Crippen LogP contribution >= 0.6 is 0 Å². The Balaban J connectivity index is 2.52. The monoisotopic (exact) mass is 484 g/mol. The van der Waals surface area contributed by atoms with Crippen LogP contribution in [0.5, 0.6) is 11.5 Å². The number of rotatable bonds is 10. The van der Waals surface area contributed by atoms with E-state index in [9.17, 15) is 39.9 Å². The number of hydrogen-bond acceptors (Lipinski definition) is 3. The highest BCUT2D eigenvalue weighted by atomic mass is 19.2. The number of halogens is 8. The van der Waals surface area contributed by atoms with E-state index in [-0.39, 0.29) is 6.61 Å². The first kappa shape index (κ1) is 26.4. The molecule has 182 valence electrons. The molecule has 0 bridgehead atoms. The lowest BCUT2D eigenvalue weighted by molar-refractivity contribution is -0.134. The lowest BCUT2D eigenvalue weighted by Gasteiger charge is -2.16. The standard InChI is InChI=1S/C22H20F8O3/c1-3-5-6-7-8-9-32-21-17(27)13(23)11(14(24)18(21)28)12-15(25)19(29)22(20(30)16(12)26)33-10(31)4-2/h3-9H2,1-2H3. The maximum atomic E-state index is 14.5. The average molecular weight is 484 g/mol. The van der Waals surface area contributed by atoms with Gasteiger partial charge in [0, 0.05) is 6.42 Å². The quantitative estimate of drug-likeness (QED) is 0.118. The number of esters is 1. The van der Waals surface area contributed by atoms with E-state index in [1.807, 2.05) is 6.92 Å². The Kier molecular flexibility index (Phi) is 9.07. The van der Waals surface area contributed by atoms with E-state index in [4.69, 9.17) is 4.74 Å². The summed E-state index contributed by atoms with van der Waals surface area (Å²) in [6, 6.07) is 0. The van der Waals surface area contributed by atoms with Crippen molar-refractivity contribution in [1.82, 2.24) is 0 Å². The molecule has 2 aromatic rings. The first-order valence-electron chi connectivity index (χ1n) is 10.1. The Labute approximate surface area is 184 Å². The largest absolute Gasteiger partial charge is 0.487 e.